The highest BCUT2D eigenvalue weighted by molar-refractivity contribution is 7.11. The molecule has 1 aromatic carbocycles. The van der Waals surface area contributed by atoms with Crippen molar-refractivity contribution in [3.8, 4) is 5.75 Å². The molecule has 0 spiro atoms. The lowest BCUT2D eigenvalue weighted by Crippen LogP contribution is -2.34. The number of thiophene rings is 1. The van der Waals surface area contributed by atoms with Crippen LogP contribution >= 0.6 is 11.3 Å². The van der Waals surface area contributed by atoms with Crippen LogP contribution in [0.2, 0.25) is 0 Å². The minimum atomic E-state index is -0.313. The largest absolute Gasteiger partial charge is 0.485 e. The van der Waals surface area contributed by atoms with Gasteiger partial charge in [-0.05, 0) is 57.5 Å². The smallest absolute Gasteiger partial charge is 0.165 e. The summed E-state index contributed by atoms with van der Waals surface area (Å²) in [5, 5.41) is 3.45. The molecule has 1 aromatic heterocycles. The summed E-state index contributed by atoms with van der Waals surface area (Å²) in [4.78, 5) is 2.36. The average molecular weight is 307 g/mol. The van der Waals surface area contributed by atoms with E-state index < -0.39 is 0 Å². The van der Waals surface area contributed by atoms with E-state index in [0.29, 0.717) is 12.4 Å². The van der Waals surface area contributed by atoms with Gasteiger partial charge in [0, 0.05) is 21.8 Å². The van der Waals surface area contributed by atoms with Crippen molar-refractivity contribution in [1.82, 2.24) is 5.32 Å². The van der Waals surface area contributed by atoms with E-state index in [-0.39, 0.29) is 11.4 Å². The van der Waals surface area contributed by atoms with Crippen molar-refractivity contribution in [2.45, 2.75) is 46.4 Å². The number of aryl methyl sites for hydroxylation is 1. The van der Waals surface area contributed by atoms with E-state index in [4.69, 9.17) is 4.74 Å². The summed E-state index contributed by atoms with van der Waals surface area (Å²) in [6.45, 7) is 9.60. The second kappa shape index (κ2) is 6.58. The summed E-state index contributed by atoms with van der Waals surface area (Å²) in [6.07, 6.45) is 0. The standard InChI is InChI=1S/C17H22FNOS/c1-12-5-8-15(18)16(9-12)20-11-14-7-6-13(21-14)10-19-17(2,3)4/h5-9,19H,10-11H2,1-4H3. The van der Waals surface area contributed by atoms with E-state index in [1.54, 1.807) is 23.5 Å². The Bertz CT molecular complexity index is 601. The van der Waals surface area contributed by atoms with Crippen molar-refractivity contribution >= 4 is 11.3 Å². The first kappa shape index (κ1) is 16.0. The molecular weight excluding hydrogens is 285 g/mol. The Kier molecular flexibility index (Phi) is 5.01. The summed E-state index contributed by atoms with van der Waals surface area (Å²) >= 11 is 1.69. The Balaban J connectivity index is 1.92. The van der Waals surface area contributed by atoms with Gasteiger partial charge < -0.3 is 10.1 Å². The van der Waals surface area contributed by atoms with Gasteiger partial charge in [-0.1, -0.05) is 6.07 Å². The topological polar surface area (TPSA) is 21.3 Å². The van der Waals surface area contributed by atoms with Gasteiger partial charge in [-0.25, -0.2) is 4.39 Å². The van der Waals surface area contributed by atoms with Crippen LogP contribution in [0.25, 0.3) is 0 Å². The Morgan fingerprint density at radius 2 is 1.86 bits per heavy atom. The molecule has 4 heteroatoms. The van der Waals surface area contributed by atoms with E-state index in [0.717, 1.165) is 17.0 Å². The normalized spacial score (nSPS) is 11.7. The lowest BCUT2D eigenvalue weighted by molar-refractivity contribution is 0.293. The first-order chi connectivity index (χ1) is 9.83. The lowest BCUT2D eigenvalue weighted by atomic mass is 10.1. The highest BCUT2D eigenvalue weighted by Gasteiger charge is 2.10. The molecule has 0 bridgehead atoms. The van der Waals surface area contributed by atoms with Crippen molar-refractivity contribution < 1.29 is 9.13 Å². The van der Waals surface area contributed by atoms with E-state index in [1.165, 1.54) is 10.9 Å². The first-order valence-corrected chi connectivity index (χ1v) is 7.87. The molecule has 0 radical (unpaired) electrons. The molecule has 0 atom stereocenters. The summed E-state index contributed by atoms with van der Waals surface area (Å²) in [6, 6.07) is 9.04. The quantitative estimate of drug-likeness (QED) is 0.867. The third-order valence-corrected chi connectivity index (χ3v) is 4.03. The average Bonchev–Trinajstić information content (AvgIpc) is 2.85. The zero-order valence-corrected chi connectivity index (χ0v) is 13.8. The van der Waals surface area contributed by atoms with Gasteiger partial charge in [0.25, 0.3) is 0 Å². The van der Waals surface area contributed by atoms with Gasteiger partial charge in [0.1, 0.15) is 6.61 Å². The molecule has 0 aliphatic heterocycles. The van der Waals surface area contributed by atoms with Crippen LogP contribution in [-0.4, -0.2) is 5.54 Å². The molecule has 114 valence electrons. The molecule has 1 heterocycles. The van der Waals surface area contributed by atoms with Crippen molar-refractivity contribution in [3.63, 3.8) is 0 Å². The molecule has 0 aliphatic carbocycles. The second-order valence-corrected chi connectivity index (χ2v) is 7.45. The summed E-state index contributed by atoms with van der Waals surface area (Å²) < 4.78 is 19.2. The number of hydrogen-bond acceptors (Lipinski definition) is 3. The lowest BCUT2D eigenvalue weighted by Gasteiger charge is -2.19. The van der Waals surface area contributed by atoms with Gasteiger partial charge in [-0.15, -0.1) is 11.3 Å². The summed E-state index contributed by atoms with van der Waals surface area (Å²) in [5.74, 6) is 0.00421. The highest BCUT2D eigenvalue weighted by atomic mass is 32.1. The van der Waals surface area contributed by atoms with Crippen LogP contribution in [0.4, 0.5) is 4.39 Å². The molecule has 2 rings (SSSR count). The van der Waals surface area contributed by atoms with Gasteiger partial charge >= 0.3 is 0 Å². The molecule has 21 heavy (non-hydrogen) atoms. The number of benzene rings is 1. The SMILES string of the molecule is Cc1ccc(F)c(OCc2ccc(CNC(C)(C)C)s2)c1. The van der Waals surface area contributed by atoms with Crippen LogP contribution in [0.15, 0.2) is 30.3 Å². The molecule has 2 nitrogen and oxygen atoms in total. The number of halogens is 1. The van der Waals surface area contributed by atoms with Gasteiger partial charge in [0.05, 0.1) is 0 Å². The zero-order chi connectivity index (χ0) is 15.5. The van der Waals surface area contributed by atoms with Crippen LogP contribution < -0.4 is 10.1 Å². The third-order valence-electron chi connectivity index (χ3n) is 2.97. The van der Waals surface area contributed by atoms with Crippen LogP contribution in [-0.2, 0) is 13.2 Å². The van der Waals surface area contributed by atoms with Crippen molar-refractivity contribution in [2.24, 2.45) is 0 Å². The predicted octanol–water partition coefficient (Wildman–Crippen LogP) is 4.66. The van der Waals surface area contributed by atoms with Crippen molar-refractivity contribution in [1.29, 1.82) is 0 Å². The maximum atomic E-state index is 13.6. The maximum absolute atomic E-state index is 13.6. The van der Waals surface area contributed by atoms with Crippen LogP contribution in [0.5, 0.6) is 5.75 Å². The predicted molar refractivity (Wildman–Crippen MR) is 86.4 cm³/mol. The molecule has 0 saturated heterocycles. The fourth-order valence-electron chi connectivity index (χ4n) is 1.82. The van der Waals surface area contributed by atoms with Gasteiger partial charge in [-0.2, -0.15) is 0 Å². The molecule has 1 N–H and O–H groups in total. The second-order valence-electron chi connectivity index (χ2n) is 6.19. The van der Waals surface area contributed by atoms with E-state index in [9.17, 15) is 4.39 Å². The number of ether oxygens (including phenoxy) is 1. The van der Waals surface area contributed by atoms with E-state index in [2.05, 4.69) is 32.2 Å². The fourth-order valence-corrected chi connectivity index (χ4v) is 2.69. The van der Waals surface area contributed by atoms with E-state index in [1.807, 2.05) is 13.0 Å². The Morgan fingerprint density at radius 1 is 1.14 bits per heavy atom. The number of nitrogens with one attached hydrogen (secondary N) is 1. The van der Waals surface area contributed by atoms with Crippen LogP contribution in [0.1, 0.15) is 36.1 Å². The van der Waals surface area contributed by atoms with Crippen LogP contribution in [0, 0.1) is 12.7 Å². The zero-order valence-electron chi connectivity index (χ0n) is 13.0. The molecule has 0 unspecified atom stereocenters. The monoisotopic (exact) mass is 307 g/mol. The summed E-state index contributed by atoms with van der Waals surface area (Å²) in [5.41, 5.74) is 1.10. The minimum Gasteiger partial charge on any atom is -0.485 e. The fraction of sp³-hybridized carbons (Fsp3) is 0.412. The minimum absolute atomic E-state index is 0.103. The van der Waals surface area contributed by atoms with Crippen molar-refractivity contribution in [3.05, 3.63) is 51.5 Å². The van der Waals surface area contributed by atoms with Gasteiger partial charge in [-0.3, -0.25) is 0 Å². The Hall–Kier alpha value is -1.39. The van der Waals surface area contributed by atoms with E-state index >= 15 is 0 Å². The maximum Gasteiger partial charge on any atom is 0.165 e. The first-order valence-electron chi connectivity index (χ1n) is 7.05. The van der Waals surface area contributed by atoms with Gasteiger partial charge in [0.15, 0.2) is 11.6 Å². The molecular formula is C17H22FNOS. The van der Waals surface area contributed by atoms with Gasteiger partial charge in [0.2, 0.25) is 0 Å². The Morgan fingerprint density at radius 3 is 2.57 bits per heavy atom. The van der Waals surface area contributed by atoms with Crippen molar-refractivity contribution in [2.75, 3.05) is 0 Å². The summed E-state index contributed by atoms with van der Waals surface area (Å²) in [7, 11) is 0. The molecule has 0 saturated carbocycles. The highest BCUT2D eigenvalue weighted by Crippen LogP contribution is 2.22. The van der Waals surface area contributed by atoms with Crippen LogP contribution in [0.3, 0.4) is 0 Å². The number of hydrogen-bond donors (Lipinski definition) is 1. The molecule has 2 aromatic rings. The molecule has 0 fully saturated rings. The Labute approximate surface area is 130 Å². The molecule has 0 aliphatic rings. The molecule has 0 amide bonds. The number of rotatable bonds is 5. The third kappa shape index (κ3) is 5.14.